The zero-order chi connectivity index (χ0) is 21.6. The second-order valence-electron chi connectivity index (χ2n) is 7.12. The van der Waals surface area contributed by atoms with Gasteiger partial charge in [0.2, 0.25) is 5.60 Å². The maximum Gasteiger partial charge on any atom is 0.425 e. The molecule has 3 rings (SSSR count). The average Bonchev–Trinajstić information content (AvgIpc) is 2.77. The first-order valence-electron chi connectivity index (χ1n) is 9.66. The van der Waals surface area contributed by atoms with Crippen molar-refractivity contribution in [3.05, 3.63) is 113 Å². The molecule has 0 aliphatic heterocycles. The molecule has 0 aliphatic carbocycles. The fourth-order valence-electron chi connectivity index (χ4n) is 3.45. The lowest BCUT2D eigenvalue weighted by Crippen LogP contribution is -2.44. The molecule has 0 unspecified atom stereocenters. The summed E-state index contributed by atoms with van der Waals surface area (Å²) in [6, 6.07) is 24.4. The third-order valence-electron chi connectivity index (χ3n) is 5.08. The van der Waals surface area contributed by atoms with Gasteiger partial charge in [0.1, 0.15) is 0 Å². The quantitative estimate of drug-likeness (QED) is 0.497. The highest BCUT2D eigenvalue weighted by molar-refractivity contribution is 5.57. The highest BCUT2D eigenvalue weighted by Gasteiger charge is 2.57. The number of rotatable bonds is 7. The number of hydrogen-bond acceptors (Lipinski definition) is 2. The molecule has 0 saturated carbocycles. The minimum atomic E-state index is -4.94. The summed E-state index contributed by atoms with van der Waals surface area (Å²) in [5, 5.41) is 21.5. The maximum absolute atomic E-state index is 14.2. The predicted octanol–water partition coefficient (Wildman–Crippen LogP) is 6.03. The molecule has 0 aliphatic rings. The van der Waals surface area contributed by atoms with Gasteiger partial charge in [-0.05, 0) is 35.1 Å². The van der Waals surface area contributed by atoms with Crippen LogP contribution in [0.2, 0.25) is 0 Å². The molecule has 3 aromatic rings. The smallest absolute Gasteiger partial charge is 0.388 e. The van der Waals surface area contributed by atoms with Gasteiger partial charge in [-0.15, -0.1) is 0 Å². The molecule has 0 fully saturated rings. The van der Waals surface area contributed by atoms with E-state index < -0.39 is 17.9 Å². The Morgan fingerprint density at radius 1 is 0.800 bits per heavy atom. The van der Waals surface area contributed by atoms with E-state index in [9.17, 15) is 23.4 Å². The predicted molar refractivity (Wildman–Crippen MR) is 111 cm³/mol. The lowest BCUT2D eigenvalue weighted by atomic mass is 9.81. The van der Waals surface area contributed by atoms with Crippen LogP contribution in [0.4, 0.5) is 13.2 Å². The lowest BCUT2D eigenvalue weighted by Gasteiger charge is -2.34. The molecule has 156 valence electrons. The summed E-state index contributed by atoms with van der Waals surface area (Å²) in [5.74, 6) is 0. The van der Waals surface area contributed by atoms with Crippen LogP contribution < -0.4 is 0 Å². The van der Waals surface area contributed by atoms with Crippen LogP contribution in [0, 0.1) is 0 Å². The SMILES string of the molecule is O[C@H](CC/C(=C\c1ccccc1)[C@@](O)(c1ccccc1)C(F)(F)F)c1ccccc1. The minimum Gasteiger partial charge on any atom is -0.388 e. The standard InChI is InChI=1S/C25H23F3O2/c26-25(27,28)24(30,21-14-8-3-9-15-21)22(18-19-10-4-1-5-11-19)16-17-23(29)20-12-6-2-7-13-20/h1-15,18,23,29-30H,16-17H2/b22-18+/t23-,24+/m1/s1. The number of aliphatic hydroxyl groups excluding tert-OH is 1. The number of alkyl halides is 3. The zero-order valence-electron chi connectivity index (χ0n) is 16.3. The molecular weight excluding hydrogens is 389 g/mol. The summed E-state index contributed by atoms with van der Waals surface area (Å²) < 4.78 is 42.7. The van der Waals surface area contributed by atoms with Crippen molar-refractivity contribution in [1.29, 1.82) is 0 Å². The van der Waals surface area contributed by atoms with Crippen molar-refractivity contribution >= 4 is 6.08 Å². The molecule has 0 spiro atoms. The van der Waals surface area contributed by atoms with Crippen LogP contribution in [0.5, 0.6) is 0 Å². The average molecular weight is 412 g/mol. The molecule has 5 heteroatoms. The summed E-state index contributed by atoms with van der Waals surface area (Å²) in [4.78, 5) is 0. The highest BCUT2D eigenvalue weighted by Crippen LogP contribution is 2.47. The second kappa shape index (κ2) is 9.28. The lowest BCUT2D eigenvalue weighted by molar-refractivity contribution is -0.250. The molecule has 0 aromatic heterocycles. The minimum absolute atomic E-state index is 0.0356. The van der Waals surface area contributed by atoms with Gasteiger partial charge < -0.3 is 10.2 Å². The molecular formula is C25H23F3O2. The van der Waals surface area contributed by atoms with E-state index in [1.807, 2.05) is 0 Å². The van der Waals surface area contributed by atoms with E-state index in [1.165, 1.54) is 30.3 Å². The molecule has 0 heterocycles. The Balaban J connectivity index is 2.02. The number of hydrogen-bond donors (Lipinski definition) is 2. The summed E-state index contributed by atoms with van der Waals surface area (Å²) in [5.41, 5.74) is -2.48. The molecule has 0 radical (unpaired) electrons. The third kappa shape index (κ3) is 4.81. The molecule has 0 amide bonds. The molecule has 2 nitrogen and oxygen atoms in total. The van der Waals surface area contributed by atoms with E-state index >= 15 is 0 Å². The highest BCUT2D eigenvalue weighted by atomic mass is 19.4. The van der Waals surface area contributed by atoms with E-state index in [0.717, 1.165) is 0 Å². The molecule has 30 heavy (non-hydrogen) atoms. The second-order valence-corrected chi connectivity index (χ2v) is 7.12. The molecule has 2 atom stereocenters. The van der Waals surface area contributed by atoms with Gasteiger partial charge in [-0.2, -0.15) is 13.2 Å². The topological polar surface area (TPSA) is 40.5 Å². The van der Waals surface area contributed by atoms with Gasteiger partial charge >= 0.3 is 6.18 Å². The van der Waals surface area contributed by atoms with Crippen molar-refractivity contribution in [3.63, 3.8) is 0 Å². The first-order valence-corrected chi connectivity index (χ1v) is 9.66. The largest absolute Gasteiger partial charge is 0.425 e. The fourth-order valence-corrected chi connectivity index (χ4v) is 3.45. The van der Waals surface area contributed by atoms with Crippen LogP contribution in [-0.2, 0) is 5.60 Å². The van der Waals surface area contributed by atoms with Crippen molar-refractivity contribution in [2.45, 2.75) is 30.7 Å². The number of benzene rings is 3. The van der Waals surface area contributed by atoms with E-state index in [-0.39, 0.29) is 24.0 Å². The van der Waals surface area contributed by atoms with Crippen molar-refractivity contribution in [1.82, 2.24) is 0 Å². The zero-order valence-corrected chi connectivity index (χ0v) is 16.3. The monoisotopic (exact) mass is 412 g/mol. The molecule has 0 bridgehead atoms. The number of aliphatic hydroxyl groups is 2. The van der Waals surface area contributed by atoms with Crippen LogP contribution in [0.3, 0.4) is 0 Å². The van der Waals surface area contributed by atoms with Crippen LogP contribution in [-0.4, -0.2) is 16.4 Å². The van der Waals surface area contributed by atoms with Gasteiger partial charge in [-0.25, -0.2) is 0 Å². The van der Waals surface area contributed by atoms with Gasteiger partial charge in [-0.1, -0.05) is 97.1 Å². The Morgan fingerprint density at radius 2 is 1.30 bits per heavy atom. The van der Waals surface area contributed by atoms with E-state index in [0.29, 0.717) is 11.1 Å². The van der Waals surface area contributed by atoms with Gasteiger partial charge in [0.15, 0.2) is 0 Å². The first kappa shape index (κ1) is 21.8. The van der Waals surface area contributed by atoms with Crippen LogP contribution in [0.15, 0.2) is 96.6 Å². The van der Waals surface area contributed by atoms with Crippen LogP contribution in [0.1, 0.15) is 35.6 Å². The molecule has 2 N–H and O–H groups in total. The third-order valence-corrected chi connectivity index (χ3v) is 5.08. The van der Waals surface area contributed by atoms with Crippen molar-refractivity contribution in [3.8, 4) is 0 Å². The van der Waals surface area contributed by atoms with Gasteiger partial charge in [-0.3, -0.25) is 0 Å². The van der Waals surface area contributed by atoms with Crippen LogP contribution in [0.25, 0.3) is 6.08 Å². The first-order chi connectivity index (χ1) is 14.3. The van der Waals surface area contributed by atoms with Crippen LogP contribution >= 0.6 is 0 Å². The van der Waals surface area contributed by atoms with Gasteiger partial charge in [0.25, 0.3) is 0 Å². The Labute approximate surface area is 173 Å². The number of halogens is 3. The molecule has 0 saturated heterocycles. The van der Waals surface area contributed by atoms with Gasteiger partial charge in [0.05, 0.1) is 6.10 Å². The summed E-state index contributed by atoms with van der Waals surface area (Å²) in [7, 11) is 0. The fraction of sp³-hybridized carbons (Fsp3) is 0.200. The molecule has 3 aromatic carbocycles. The Kier molecular flexibility index (Phi) is 6.75. The van der Waals surface area contributed by atoms with Crippen molar-refractivity contribution in [2.24, 2.45) is 0 Å². The maximum atomic E-state index is 14.2. The Hall–Kier alpha value is -2.89. The van der Waals surface area contributed by atoms with E-state index in [1.54, 1.807) is 66.7 Å². The van der Waals surface area contributed by atoms with E-state index in [2.05, 4.69) is 0 Å². The normalized spacial score (nSPS) is 15.4. The summed E-state index contributed by atoms with van der Waals surface area (Å²) in [6.07, 6.45) is -4.63. The Morgan fingerprint density at radius 3 is 1.83 bits per heavy atom. The van der Waals surface area contributed by atoms with Crippen molar-refractivity contribution < 1.29 is 23.4 Å². The summed E-state index contributed by atoms with van der Waals surface area (Å²) >= 11 is 0. The summed E-state index contributed by atoms with van der Waals surface area (Å²) in [6.45, 7) is 0. The van der Waals surface area contributed by atoms with Gasteiger partial charge in [0, 0.05) is 0 Å². The van der Waals surface area contributed by atoms with Crippen molar-refractivity contribution in [2.75, 3.05) is 0 Å². The van der Waals surface area contributed by atoms with E-state index in [4.69, 9.17) is 0 Å². The Bertz CT molecular complexity index is 954.